The second-order valence-corrected chi connectivity index (χ2v) is 6.03. The Bertz CT molecular complexity index is 961. The van der Waals surface area contributed by atoms with Gasteiger partial charge in [0.2, 0.25) is 0 Å². The molecule has 0 fully saturated rings. The van der Waals surface area contributed by atoms with E-state index in [1.54, 1.807) is 0 Å². The second-order valence-electron chi connectivity index (χ2n) is 6.03. The van der Waals surface area contributed by atoms with E-state index in [1.807, 2.05) is 24.3 Å². The SMILES string of the molecule is CCc1ccc(OCn2cc(NC(=O)c3cc(C(F)(F)F)n(C)n3)cn2)cc1. The molecular formula is C18H18F3N5O2. The molecule has 0 aliphatic heterocycles. The number of nitrogens with zero attached hydrogens (tertiary/aromatic N) is 4. The zero-order chi connectivity index (χ0) is 20.3. The molecule has 148 valence electrons. The Morgan fingerprint density at radius 1 is 1.25 bits per heavy atom. The first-order valence-electron chi connectivity index (χ1n) is 8.43. The third-order valence-electron chi connectivity index (χ3n) is 3.99. The molecule has 0 saturated heterocycles. The van der Waals surface area contributed by atoms with E-state index in [1.165, 1.54) is 22.6 Å². The van der Waals surface area contributed by atoms with E-state index in [0.717, 1.165) is 13.5 Å². The molecule has 0 unspecified atom stereocenters. The summed E-state index contributed by atoms with van der Waals surface area (Å²) in [4.78, 5) is 12.1. The van der Waals surface area contributed by atoms with Crippen LogP contribution in [0.15, 0.2) is 42.7 Å². The van der Waals surface area contributed by atoms with Gasteiger partial charge in [0.15, 0.2) is 12.4 Å². The van der Waals surface area contributed by atoms with Crippen LogP contribution in [-0.4, -0.2) is 25.5 Å². The molecule has 2 heterocycles. The zero-order valence-electron chi connectivity index (χ0n) is 15.2. The number of anilines is 1. The Labute approximate surface area is 158 Å². The number of aromatic nitrogens is 4. The number of carbonyl (C=O) groups excluding carboxylic acids is 1. The Kier molecular flexibility index (Phi) is 5.39. The van der Waals surface area contributed by atoms with Crippen molar-refractivity contribution < 1.29 is 22.7 Å². The molecule has 0 bridgehead atoms. The summed E-state index contributed by atoms with van der Waals surface area (Å²) >= 11 is 0. The van der Waals surface area contributed by atoms with Crippen LogP contribution in [0.1, 0.15) is 28.7 Å². The zero-order valence-corrected chi connectivity index (χ0v) is 15.2. The second kappa shape index (κ2) is 7.75. The van der Waals surface area contributed by atoms with E-state index < -0.39 is 17.8 Å². The lowest BCUT2D eigenvalue weighted by Gasteiger charge is -2.06. The maximum Gasteiger partial charge on any atom is 0.433 e. The number of aryl methyl sites for hydroxylation is 2. The highest BCUT2D eigenvalue weighted by Gasteiger charge is 2.35. The molecule has 0 aliphatic rings. The van der Waals surface area contributed by atoms with Crippen molar-refractivity contribution in [2.45, 2.75) is 26.3 Å². The van der Waals surface area contributed by atoms with Crippen LogP contribution in [0.4, 0.5) is 18.9 Å². The molecule has 0 saturated carbocycles. The molecule has 10 heteroatoms. The average Bonchev–Trinajstić information content (AvgIpc) is 3.26. The third kappa shape index (κ3) is 4.51. The number of carbonyl (C=O) groups is 1. The van der Waals surface area contributed by atoms with Gasteiger partial charge in [-0.3, -0.25) is 9.48 Å². The minimum absolute atomic E-state index is 0.114. The van der Waals surface area contributed by atoms with Gasteiger partial charge in [0.25, 0.3) is 5.91 Å². The summed E-state index contributed by atoms with van der Waals surface area (Å²) in [6.45, 7) is 2.17. The predicted octanol–water partition coefficient (Wildman–Crippen LogP) is 3.49. The lowest BCUT2D eigenvalue weighted by Crippen LogP contribution is -2.13. The number of halogens is 3. The molecule has 1 amide bonds. The fourth-order valence-corrected chi connectivity index (χ4v) is 2.50. The highest BCUT2D eigenvalue weighted by Crippen LogP contribution is 2.29. The van der Waals surface area contributed by atoms with E-state index in [2.05, 4.69) is 22.4 Å². The minimum atomic E-state index is -4.59. The molecule has 28 heavy (non-hydrogen) atoms. The average molecular weight is 393 g/mol. The van der Waals surface area contributed by atoms with Crippen molar-refractivity contribution in [3.8, 4) is 5.75 Å². The maximum atomic E-state index is 12.8. The molecule has 3 rings (SSSR count). The predicted molar refractivity (Wildman–Crippen MR) is 94.8 cm³/mol. The fourth-order valence-electron chi connectivity index (χ4n) is 2.50. The van der Waals surface area contributed by atoms with Crippen molar-refractivity contribution in [1.29, 1.82) is 0 Å². The van der Waals surface area contributed by atoms with Gasteiger partial charge in [-0.05, 0) is 24.1 Å². The van der Waals surface area contributed by atoms with Gasteiger partial charge < -0.3 is 10.1 Å². The molecule has 7 nitrogen and oxygen atoms in total. The van der Waals surface area contributed by atoms with Gasteiger partial charge in [-0.25, -0.2) is 4.68 Å². The summed E-state index contributed by atoms with van der Waals surface area (Å²) in [6, 6.07) is 8.33. The largest absolute Gasteiger partial charge is 0.471 e. The Balaban J connectivity index is 1.60. The maximum absolute atomic E-state index is 12.8. The number of ether oxygens (including phenoxy) is 1. The first-order chi connectivity index (χ1) is 13.3. The topological polar surface area (TPSA) is 74.0 Å². The van der Waals surface area contributed by atoms with Crippen molar-refractivity contribution in [2.24, 2.45) is 7.05 Å². The fraction of sp³-hybridized carbons (Fsp3) is 0.278. The van der Waals surface area contributed by atoms with Crippen LogP contribution in [0.5, 0.6) is 5.75 Å². The monoisotopic (exact) mass is 393 g/mol. The number of alkyl halides is 3. The van der Waals surface area contributed by atoms with Gasteiger partial charge in [-0.2, -0.15) is 23.4 Å². The van der Waals surface area contributed by atoms with Crippen LogP contribution in [0, 0.1) is 0 Å². The van der Waals surface area contributed by atoms with E-state index >= 15 is 0 Å². The van der Waals surface area contributed by atoms with Crippen LogP contribution < -0.4 is 10.1 Å². The van der Waals surface area contributed by atoms with Crippen molar-refractivity contribution in [1.82, 2.24) is 19.6 Å². The first-order valence-corrected chi connectivity index (χ1v) is 8.43. The van der Waals surface area contributed by atoms with E-state index in [9.17, 15) is 18.0 Å². The summed E-state index contributed by atoms with van der Waals surface area (Å²) in [5.74, 6) is -0.0897. The van der Waals surface area contributed by atoms with Crippen molar-refractivity contribution in [2.75, 3.05) is 5.32 Å². The van der Waals surface area contributed by atoms with Crippen LogP contribution in [0.25, 0.3) is 0 Å². The smallest absolute Gasteiger partial charge is 0.433 e. The molecule has 1 aromatic carbocycles. The van der Waals surface area contributed by atoms with Crippen molar-refractivity contribution >= 4 is 11.6 Å². The lowest BCUT2D eigenvalue weighted by molar-refractivity contribution is -0.143. The van der Waals surface area contributed by atoms with Crippen LogP contribution >= 0.6 is 0 Å². The molecule has 1 N–H and O–H groups in total. The molecule has 0 atom stereocenters. The third-order valence-corrected chi connectivity index (χ3v) is 3.99. The normalized spacial score (nSPS) is 11.5. The minimum Gasteiger partial charge on any atom is -0.471 e. The number of hydrogen-bond donors (Lipinski definition) is 1. The Hall–Kier alpha value is -3.30. The van der Waals surface area contributed by atoms with Gasteiger partial charge in [0.1, 0.15) is 11.4 Å². The van der Waals surface area contributed by atoms with Gasteiger partial charge >= 0.3 is 6.18 Å². The summed E-state index contributed by atoms with van der Waals surface area (Å²) in [6.07, 6.45) is -0.776. The van der Waals surface area contributed by atoms with E-state index in [0.29, 0.717) is 22.2 Å². The number of nitrogens with one attached hydrogen (secondary N) is 1. The summed E-state index contributed by atoms with van der Waals surface area (Å²) < 4.78 is 46.1. The van der Waals surface area contributed by atoms with Crippen molar-refractivity contribution in [3.05, 3.63) is 59.7 Å². The number of rotatable bonds is 6. The highest BCUT2D eigenvalue weighted by molar-refractivity contribution is 6.02. The Morgan fingerprint density at radius 3 is 2.57 bits per heavy atom. The van der Waals surface area contributed by atoms with E-state index in [4.69, 9.17) is 4.74 Å². The Morgan fingerprint density at radius 2 is 1.96 bits per heavy atom. The lowest BCUT2D eigenvalue weighted by atomic mass is 10.2. The molecular weight excluding hydrogens is 375 g/mol. The molecule has 0 spiro atoms. The quantitative estimate of drug-likeness (QED) is 0.696. The van der Waals surface area contributed by atoms with E-state index in [-0.39, 0.29) is 12.4 Å². The molecule has 0 aliphatic carbocycles. The first kappa shape index (κ1) is 19.5. The standard InChI is InChI=1S/C18H18F3N5O2/c1-3-12-4-6-14(7-5-12)28-11-26-10-13(9-22-26)23-17(27)15-8-16(18(19,20)21)25(2)24-15/h4-10H,3,11H2,1-2H3,(H,23,27). The van der Waals surface area contributed by atoms with Gasteiger partial charge in [0.05, 0.1) is 18.1 Å². The molecule has 3 aromatic rings. The number of hydrogen-bond acceptors (Lipinski definition) is 4. The number of benzene rings is 1. The van der Waals surface area contributed by atoms with Gasteiger partial charge in [-0.15, -0.1) is 0 Å². The summed E-state index contributed by atoms with van der Waals surface area (Å²) in [5, 5.41) is 10.1. The van der Waals surface area contributed by atoms with Gasteiger partial charge in [-0.1, -0.05) is 19.1 Å². The van der Waals surface area contributed by atoms with Gasteiger partial charge in [0, 0.05) is 13.1 Å². The van der Waals surface area contributed by atoms with Crippen LogP contribution in [-0.2, 0) is 26.4 Å². The molecule has 0 radical (unpaired) electrons. The van der Waals surface area contributed by atoms with Crippen molar-refractivity contribution in [3.63, 3.8) is 0 Å². The van der Waals surface area contributed by atoms with Crippen LogP contribution in [0.3, 0.4) is 0 Å². The molecule has 2 aromatic heterocycles. The highest BCUT2D eigenvalue weighted by atomic mass is 19.4. The summed E-state index contributed by atoms with van der Waals surface area (Å²) in [7, 11) is 1.13. The van der Waals surface area contributed by atoms with Crippen LogP contribution in [0.2, 0.25) is 0 Å². The summed E-state index contributed by atoms with van der Waals surface area (Å²) in [5.41, 5.74) is 0.166. The number of amides is 1.